The Balaban J connectivity index is 2.05. The van der Waals surface area contributed by atoms with Crippen LogP contribution in [-0.4, -0.2) is 36.4 Å². The minimum atomic E-state index is -0.202. The summed E-state index contributed by atoms with van der Waals surface area (Å²) in [6.45, 7) is 5.65. The van der Waals surface area contributed by atoms with Gasteiger partial charge >= 0.3 is 0 Å². The van der Waals surface area contributed by atoms with Crippen molar-refractivity contribution in [3.05, 3.63) is 23.2 Å². The first-order valence-corrected chi connectivity index (χ1v) is 8.94. The first kappa shape index (κ1) is 18.6. The molecule has 1 heterocycles. The fourth-order valence-electron chi connectivity index (χ4n) is 2.81. The van der Waals surface area contributed by atoms with Crippen LogP contribution in [0.25, 0.3) is 0 Å². The summed E-state index contributed by atoms with van der Waals surface area (Å²) in [6.07, 6.45) is 2.98. The molecule has 2 amide bonds. The number of hydrogen-bond donors (Lipinski definition) is 1. The summed E-state index contributed by atoms with van der Waals surface area (Å²) in [6, 6.07) is 5.20. The van der Waals surface area contributed by atoms with Crippen LogP contribution in [0.2, 0.25) is 5.02 Å². The number of hydrogen-bond acceptors (Lipinski definition) is 3. The number of rotatable bonds is 6. The predicted octanol–water partition coefficient (Wildman–Crippen LogP) is 3.72. The van der Waals surface area contributed by atoms with Gasteiger partial charge in [0.2, 0.25) is 11.8 Å². The molecule has 1 aliphatic rings. The van der Waals surface area contributed by atoms with Gasteiger partial charge < -0.3 is 15.0 Å². The average molecular weight is 353 g/mol. The molecule has 0 saturated carbocycles. The average Bonchev–Trinajstić information content (AvgIpc) is 2.60. The SMILES string of the molecule is CCCOc1ccc(Cl)cc1NC(=O)C1CCCN(C(=O)CC)C1. The zero-order valence-electron chi connectivity index (χ0n) is 14.3. The van der Waals surface area contributed by atoms with Crippen molar-refractivity contribution in [2.45, 2.75) is 39.5 Å². The Morgan fingerprint density at radius 3 is 2.88 bits per heavy atom. The summed E-state index contributed by atoms with van der Waals surface area (Å²) < 4.78 is 5.67. The van der Waals surface area contributed by atoms with Gasteiger partial charge in [0.25, 0.3) is 0 Å². The second kappa shape index (κ2) is 8.92. The van der Waals surface area contributed by atoms with E-state index in [2.05, 4.69) is 5.32 Å². The van der Waals surface area contributed by atoms with E-state index in [1.54, 1.807) is 23.1 Å². The van der Waals surface area contributed by atoms with Crippen LogP contribution in [-0.2, 0) is 9.59 Å². The molecule has 1 fully saturated rings. The molecular formula is C18H25ClN2O3. The van der Waals surface area contributed by atoms with E-state index in [-0.39, 0.29) is 17.7 Å². The van der Waals surface area contributed by atoms with Crippen LogP contribution in [0, 0.1) is 5.92 Å². The molecular weight excluding hydrogens is 328 g/mol. The second-order valence-electron chi connectivity index (χ2n) is 6.01. The van der Waals surface area contributed by atoms with Gasteiger partial charge in [-0.05, 0) is 37.5 Å². The quantitative estimate of drug-likeness (QED) is 0.848. The summed E-state index contributed by atoms with van der Waals surface area (Å²) in [5, 5.41) is 3.46. The maximum atomic E-state index is 12.6. The van der Waals surface area contributed by atoms with Crippen molar-refractivity contribution in [2.24, 2.45) is 5.92 Å². The van der Waals surface area contributed by atoms with Gasteiger partial charge in [0.15, 0.2) is 0 Å². The Labute approximate surface area is 148 Å². The normalized spacial score (nSPS) is 17.5. The summed E-state index contributed by atoms with van der Waals surface area (Å²) in [7, 11) is 0. The highest BCUT2D eigenvalue weighted by molar-refractivity contribution is 6.31. The van der Waals surface area contributed by atoms with Crippen LogP contribution in [0.5, 0.6) is 5.75 Å². The number of piperidine rings is 1. The number of halogens is 1. The lowest BCUT2D eigenvalue weighted by atomic mass is 9.96. The molecule has 0 aliphatic carbocycles. The molecule has 0 radical (unpaired) electrons. The molecule has 0 aromatic heterocycles. The molecule has 1 N–H and O–H groups in total. The molecule has 5 nitrogen and oxygen atoms in total. The van der Waals surface area contributed by atoms with Crippen molar-refractivity contribution in [3.8, 4) is 5.75 Å². The van der Waals surface area contributed by atoms with E-state index in [1.165, 1.54) is 0 Å². The standard InChI is InChI=1S/C18H25ClN2O3/c1-3-10-24-16-8-7-14(19)11-15(16)20-18(23)13-6-5-9-21(12-13)17(22)4-2/h7-8,11,13H,3-6,9-10,12H2,1-2H3,(H,20,23). The number of benzene rings is 1. The summed E-state index contributed by atoms with van der Waals surface area (Å²) in [4.78, 5) is 26.3. The smallest absolute Gasteiger partial charge is 0.229 e. The van der Waals surface area contributed by atoms with Crippen molar-refractivity contribution in [1.29, 1.82) is 0 Å². The number of nitrogens with zero attached hydrogens (tertiary/aromatic N) is 1. The fourth-order valence-corrected chi connectivity index (χ4v) is 2.99. The Bertz CT molecular complexity index is 592. The minimum absolute atomic E-state index is 0.0905. The largest absolute Gasteiger partial charge is 0.491 e. The maximum Gasteiger partial charge on any atom is 0.229 e. The Morgan fingerprint density at radius 2 is 2.17 bits per heavy atom. The van der Waals surface area contributed by atoms with Crippen molar-refractivity contribution < 1.29 is 14.3 Å². The molecule has 0 spiro atoms. The van der Waals surface area contributed by atoms with Gasteiger partial charge in [0.05, 0.1) is 18.2 Å². The van der Waals surface area contributed by atoms with Gasteiger partial charge in [0.1, 0.15) is 5.75 Å². The third kappa shape index (κ3) is 4.87. The molecule has 24 heavy (non-hydrogen) atoms. The lowest BCUT2D eigenvalue weighted by Gasteiger charge is -2.32. The van der Waals surface area contributed by atoms with Crippen LogP contribution in [0.1, 0.15) is 39.5 Å². The van der Waals surface area contributed by atoms with Gasteiger partial charge in [0, 0.05) is 24.5 Å². The van der Waals surface area contributed by atoms with Crippen LogP contribution in [0.15, 0.2) is 18.2 Å². The van der Waals surface area contributed by atoms with Gasteiger partial charge in [-0.3, -0.25) is 9.59 Å². The zero-order valence-corrected chi connectivity index (χ0v) is 15.1. The third-order valence-electron chi connectivity index (χ3n) is 4.11. The van der Waals surface area contributed by atoms with E-state index in [1.807, 2.05) is 13.8 Å². The maximum absolute atomic E-state index is 12.6. The Kier molecular flexibility index (Phi) is 6.91. The van der Waals surface area contributed by atoms with Crippen molar-refractivity contribution in [2.75, 3.05) is 25.0 Å². The molecule has 1 aromatic rings. The number of nitrogens with one attached hydrogen (secondary N) is 1. The van der Waals surface area contributed by atoms with Gasteiger partial charge in [-0.25, -0.2) is 0 Å². The monoisotopic (exact) mass is 352 g/mol. The van der Waals surface area contributed by atoms with Crippen molar-refractivity contribution >= 4 is 29.1 Å². The molecule has 1 aliphatic heterocycles. The Morgan fingerprint density at radius 1 is 1.38 bits per heavy atom. The number of carbonyl (C=O) groups excluding carboxylic acids is 2. The number of carbonyl (C=O) groups is 2. The first-order chi connectivity index (χ1) is 11.5. The molecule has 0 bridgehead atoms. The highest BCUT2D eigenvalue weighted by Gasteiger charge is 2.28. The topological polar surface area (TPSA) is 58.6 Å². The van der Waals surface area contributed by atoms with E-state index in [9.17, 15) is 9.59 Å². The van der Waals surface area contributed by atoms with Crippen LogP contribution < -0.4 is 10.1 Å². The molecule has 6 heteroatoms. The zero-order chi connectivity index (χ0) is 17.5. The number of ether oxygens (including phenoxy) is 1. The first-order valence-electron chi connectivity index (χ1n) is 8.56. The second-order valence-corrected chi connectivity index (χ2v) is 6.45. The highest BCUT2D eigenvalue weighted by Crippen LogP contribution is 2.29. The predicted molar refractivity (Wildman–Crippen MR) is 95.5 cm³/mol. The number of likely N-dealkylation sites (tertiary alicyclic amines) is 1. The van der Waals surface area contributed by atoms with Gasteiger partial charge in [-0.15, -0.1) is 0 Å². The van der Waals surface area contributed by atoms with Gasteiger partial charge in [-0.1, -0.05) is 25.4 Å². The van der Waals surface area contributed by atoms with Crippen molar-refractivity contribution in [3.63, 3.8) is 0 Å². The summed E-state index contributed by atoms with van der Waals surface area (Å²) in [5.41, 5.74) is 0.583. The lowest BCUT2D eigenvalue weighted by molar-refractivity contribution is -0.134. The molecule has 1 saturated heterocycles. The summed E-state index contributed by atoms with van der Waals surface area (Å²) in [5.74, 6) is 0.425. The van der Waals surface area contributed by atoms with E-state index in [4.69, 9.17) is 16.3 Å². The highest BCUT2D eigenvalue weighted by atomic mass is 35.5. The lowest BCUT2D eigenvalue weighted by Crippen LogP contribution is -2.43. The van der Waals surface area contributed by atoms with Gasteiger partial charge in [-0.2, -0.15) is 0 Å². The molecule has 1 aromatic carbocycles. The van der Waals surface area contributed by atoms with E-state index < -0.39 is 0 Å². The molecule has 1 atom stereocenters. The molecule has 132 valence electrons. The van der Waals surface area contributed by atoms with E-state index >= 15 is 0 Å². The van der Waals surface area contributed by atoms with Crippen LogP contribution >= 0.6 is 11.6 Å². The molecule has 1 unspecified atom stereocenters. The molecule has 2 rings (SSSR count). The fraction of sp³-hybridized carbons (Fsp3) is 0.556. The van der Waals surface area contributed by atoms with E-state index in [0.717, 1.165) is 25.8 Å². The summed E-state index contributed by atoms with van der Waals surface area (Å²) >= 11 is 6.04. The third-order valence-corrected chi connectivity index (χ3v) is 4.34. The Hall–Kier alpha value is -1.75. The number of amides is 2. The van der Waals surface area contributed by atoms with Crippen molar-refractivity contribution in [1.82, 2.24) is 4.90 Å². The van der Waals surface area contributed by atoms with Crippen LogP contribution in [0.3, 0.4) is 0 Å². The van der Waals surface area contributed by atoms with E-state index in [0.29, 0.717) is 36.0 Å². The number of anilines is 1. The van der Waals surface area contributed by atoms with Crippen LogP contribution in [0.4, 0.5) is 5.69 Å². The minimum Gasteiger partial charge on any atom is -0.491 e.